The van der Waals surface area contributed by atoms with E-state index in [0.717, 1.165) is 6.07 Å². The Morgan fingerprint density at radius 3 is 2.79 bits per heavy atom. The van der Waals surface area contributed by atoms with Crippen molar-refractivity contribution in [3.8, 4) is 6.26 Å². The van der Waals surface area contributed by atoms with Crippen molar-refractivity contribution >= 4 is 11.6 Å². The Morgan fingerprint density at radius 1 is 1.64 bits per heavy atom. The summed E-state index contributed by atoms with van der Waals surface area (Å²) in [6, 6.07) is 1.13. The van der Waals surface area contributed by atoms with Gasteiger partial charge in [0.15, 0.2) is 5.60 Å². The molecule has 0 aliphatic rings. The Balaban J connectivity index is 3.14. The van der Waals surface area contributed by atoms with E-state index in [2.05, 4.69) is 4.98 Å². The maximum atomic E-state index is 13.3. The van der Waals surface area contributed by atoms with Gasteiger partial charge in [-0.05, 0) is 19.9 Å². The molecule has 0 aromatic carbocycles. The van der Waals surface area contributed by atoms with Gasteiger partial charge in [-0.2, -0.15) is 5.26 Å². The van der Waals surface area contributed by atoms with Crippen LogP contribution in [0, 0.1) is 17.3 Å². The molecule has 0 N–H and O–H groups in total. The molecule has 1 heterocycles. The molecule has 1 aromatic rings. The number of pyridine rings is 1. The molecule has 0 bridgehead atoms. The minimum atomic E-state index is -1.08. The smallest absolute Gasteiger partial charge is 0.287 e. The van der Waals surface area contributed by atoms with Crippen LogP contribution in [-0.2, 0) is 10.3 Å². The van der Waals surface area contributed by atoms with E-state index in [1.165, 1.54) is 12.5 Å². The van der Waals surface area contributed by atoms with Crippen LogP contribution in [0.4, 0.5) is 4.39 Å². The highest BCUT2D eigenvalue weighted by atomic mass is 35.5. The Labute approximate surface area is 86.1 Å². The molecule has 14 heavy (non-hydrogen) atoms. The molecule has 0 unspecified atom stereocenters. The second-order valence-electron chi connectivity index (χ2n) is 3.19. The van der Waals surface area contributed by atoms with Crippen LogP contribution in [0.15, 0.2) is 12.3 Å². The second kappa shape index (κ2) is 3.81. The highest BCUT2D eigenvalue weighted by Crippen LogP contribution is 2.25. The first kappa shape index (κ1) is 10.7. The quantitative estimate of drug-likeness (QED) is 0.711. The van der Waals surface area contributed by atoms with E-state index in [-0.39, 0.29) is 10.7 Å². The van der Waals surface area contributed by atoms with E-state index in [1.54, 1.807) is 13.8 Å². The highest BCUT2D eigenvalue weighted by molar-refractivity contribution is 6.30. The molecule has 74 valence electrons. The van der Waals surface area contributed by atoms with Crippen molar-refractivity contribution in [2.75, 3.05) is 0 Å². The molecule has 0 aliphatic heterocycles. The number of halogens is 2. The first-order valence-corrected chi connectivity index (χ1v) is 4.24. The zero-order chi connectivity index (χ0) is 10.8. The van der Waals surface area contributed by atoms with E-state index in [1.807, 2.05) is 0 Å². The number of hydrogen-bond donors (Lipinski definition) is 0. The van der Waals surface area contributed by atoms with Crippen LogP contribution in [0.25, 0.3) is 0 Å². The lowest BCUT2D eigenvalue weighted by molar-refractivity contribution is 0.0617. The third kappa shape index (κ3) is 2.12. The second-order valence-corrected chi connectivity index (χ2v) is 3.62. The molecule has 0 aliphatic carbocycles. The fourth-order valence-corrected chi connectivity index (χ4v) is 1.16. The van der Waals surface area contributed by atoms with Gasteiger partial charge in [-0.3, -0.25) is 4.98 Å². The first-order chi connectivity index (χ1) is 6.47. The van der Waals surface area contributed by atoms with Crippen molar-refractivity contribution in [1.82, 2.24) is 4.98 Å². The first-order valence-electron chi connectivity index (χ1n) is 3.86. The van der Waals surface area contributed by atoms with Gasteiger partial charge in [-0.25, -0.2) is 4.39 Å². The standard InChI is InChI=1S/C9H8ClFN2O/c1-9(2,14-5-12)8-7(11)3-6(10)4-13-8/h3-4H,1-2H3. The van der Waals surface area contributed by atoms with Gasteiger partial charge in [0, 0.05) is 6.20 Å². The van der Waals surface area contributed by atoms with E-state index in [0.29, 0.717) is 0 Å². The minimum absolute atomic E-state index is 0.0588. The maximum Gasteiger partial charge on any atom is 0.287 e. The lowest BCUT2D eigenvalue weighted by Crippen LogP contribution is -2.22. The number of nitrogens with zero attached hydrogens (tertiary/aromatic N) is 2. The zero-order valence-electron chi connectivity index (χ0n) is 7.71. The van der Waals surface area contributed by atoms with Gasteiger partial charge < -0.3 is 4.74 Å². The molecular formula is C9H8ClFN2O. The van der Waals surface area contributed by atoms with Crippen molar-refractivity contribution < 1.29 is 9.13 Å². The van der Waals surface area contributed by atoms with E-state index in [9.17, 15) is 4.39 Å². The fraction of sp³-hybridized carbons (Fsp3) is 0.333. The Morgan fingerprint density at radius 2 is 2.29 bits per heavy atom. The van der Waals surface area contributed by atoms with Crippen LogP contribution in [0.1, 0.15) is 19.5 Å². The summed E-state index contributed by atoms with van der Waals surface area (Å²) in [5.74, 6) is -0.585. The predicted octanol–water partition coefficient (Wildman–Crippen LogP) is 2.61. The number of ether oxygens (including phenoxy) is 1. The monoisotopic (exact) mass is 214 g/mol. The summed E-state index contributed by atoms with van der Waals surface area (Å²) in [5.41, 5.74) is -1.02. The van der Waals surface area contributed by atoms with Crippen molar-refractivity contribution in [3.63, 3.8) is 0 Å². The zero-order valence-corrected chi connectivity index (χ0v) is 8.47. The summed E-state index contributed by atoms with van der Waals surface area (Å²) in [7, 11) is 0. The van der Waals surface area contributed by atoms with Crippen LogP contribution in [0.5, 0.6) is 0 Å². The molecular weight excluding hydrogens is 207 g/mol. The van der Waals surface area contributed by atoms with E-state index < -0.39 is 11.4 Å². The van der Waals surface area contributed by atoms with Crippen LogP contribution >= 0.6 is 11.6 Å². The SMILES string of the molecule is CC(C)(OC#N)c1ncc(Cl)cc1F. The van der Waals surface area contributed by atoms with E-state index in [4.69, 9.17) is 21.6 Å². The number of nitriles is 1. The lowest BCUT2D eigenvalue weighted by Gasteiger charge is -2.20. The molecule has 0 saturated heterocycles. The van der Waals surface area contributed by atoms with Crippen molar-refractivity contribution in [2.45, 2.75) is 19.4 Å². The van der Waals surface area contributed by atoms with Crippen molar-refractivity contribution in [1.29, 1.82) is 5.26 Å². The summed E-state index contributed by atoms with van der Waals surface area (Å²) < 4.78 is 18.0. The van der Waals surface area contributed by atoms with Crippen molar-refractivity contribution in [2.24, 2.45) is 0 Å². The van der Waals surface area contributed by atoms with Gasteiger partial charge in [0.1, 0.15) is 11.5 Å². The third-order valence-corrected chi connectivity index (χ3v) is 1.89. The maximum absolute atomic E-state index is 13.3. The van der Waals surface area contributed by atoms with Crippen LogP contribution in [0.2, 0.25) is 5.02 Å². The summed E-state index contributed by atoms with van der Waals surface area (Å²) in [6.07, 6.45) is 2.82. The molecule has 1 aromatic heterocycles. The third-order valence-electron chi connectivity index (χ3n) is 1.68. The Bertz CT molecular complexity index is 387. The topological polar surface area (TPSA) is 45.9 Å². The van der Waals surface area contributed by atoms with Gasteiger partial charge in [0.25, 0.3) is 6.26 Å². The molecule has 0 spiro atoms. The molecule has 1 rings (SSSR count). The van der Waals surface area contributed by atoms with Gasteiger partial charge >= 0.3 is 0 Å². The minimum Gasteiger partial charge on any atom is -0.415 e. The summed E-state index contributed by atoms with van der Waals surface area (Å²) in [6.45, 7) is 3.10. The Hall–Kier alpha value is -1.34. The average Bonchev–Trinajstić information content (AvgIpc) is 2.02. The molecule has 0 fully saturated rings. The van der Waals surface area contributed by atoms with E-state index >= 15 is 0 Å². The Kier molecular flexibility index (Phi) is 2.92. The number of hydrogen-bond acceptors (Lipinski definition) is 3. The predicted molar refractivity (Wildman–Crippen MR) is 48.9 cm³/mol. The number of aromatic nitrogens is 1. The molecule has 5 heteroatoms. The van der Waals surface area contributed by atoms with Gasteiger partial charge in [0.2, 0.25) is 0 Å². The largest absolute Gasteiger partial charge is 0.415 e. The molecule has 0 atom stereocenters. The van der Waals surface area contributed by atoms with Crippen LogP contribution in [0.3, 0.4) is 0 Å². The van der Waals surface area contributed by atoms with Gasteiger partial charge in [0.05, 0.1) is 5.02 Å². The highest BCUT2D eigenvalue weighted by Gasteiger charge is 2.27. The molecule has 3 nitrogen and oxygen atoms in total. The lowest BCUT2D eigenvalue weighted by atomic mass is 10.0. The fourth-order valence-electron chi connectivity index (χ4n) is 1.02. The number of rotatable bonds is 2. The summed E-state index contributed by atoms with van der Waals surface area (Å²) in [5, 5.41) is 8.57. The molecule has 0 saturated carbocycles. The summed E-state index contributed by atoms with van der Waals surface area (Å²) in [4.78, 5) is 3.79. The van der Waals surface area contributed by atoms with Crippen LogP contribution < -0.4 is 0 Å². The molecule has 0 amide bonds. The van der Waals surface area contributed by atoms with Gasteiger partial charge in [-0.1, -0.05) is 11.6 Å². The summed E-state index contributed by atoms with van der Waals surface area (Å²) >= 11 is 5.54. The van der Waals surface area contributed by atoms with Gasteiger partial charge in [-0.15, -0.1) is 0 Å². The van der Waals surface area contributed by atoms with Crippen molar-refractivity contribution in [3.05, 3.63) is 28.8 Å². The molecule has 0 radical (unpaired) electrons. The van der Waals surface area contributed by atoms with Crippen LogP contribution in [-0.4, -0.2) is 4.98 Å². The normalized spacial score (nSPS) is 10.8. The average molecular weight is 215 g/mol.